The summed E-state index contributed by atoms with van der Waals surface area (Å²) in [6.07, 6.45) is -1.76. The van der Waals surface area contributed by atoms with Crippen LogP contribution >= 0.6 is 0 Å². The maximum atomic E-state index is 13.6. The molecule has 3 saturated carbocycles. The summed E-state index contributed by atoms with van der Waals surface area (Å²) in [6, 6.07) is 3.08. The van der Waals surface area contributed by atoms with Gasteiger partial charge >= 0.3 is 12.1 Å². The first-order valence-corrected chi connectivity index (χ1v) is 11.9. The Morgan fingerprint density at radius 2 is 1.91 bits per heavy atom. The first kappa shape index (κ1) is 21.7. The number of phenols is 1. The van der Waals surface area contributed by atoms with Gasteiger partial charge in [0.05, 0.1) is 39.2 Å². The van der Waals surface area contributed by atoms with E-state index in [1.807, 2.05) is 0 Å². The van der Waals surface area contributed by atoms with E-state index in [9.17, 15) is 24.9 Å². The van der Waals surface area contributed by atoms with Crippen molar-refractivity contribution in [3.8, 4) is 11.5 Å². The fourth-order valence-electron chi connectivity index (χ4n) is 9.22. The van der Waals surface area contributed by atoms with E-state index in [0.29, 0.717) is 31.5 Å². The highest BCUT2D eigenvalue weighted by Crippen LogP contribution is 2.79. The summed E-state index contributed by atoms with van der Waals surface area (Å²) in [7, 11) is 3.76. The highest BCUT2D eigenvalue weighted by molar-refractivity contribution is 6.01. The Morgan fingerprint density at radius 3 is 2.60 bits per heavy atom. The van der Waals surface area contributed by atoms with Crippen LogP contribution in [0.3, 0.4) is 0 Å². The minimum Gasteiger partial charge on any atom is -0.503 e. The van der Waals surface area contributed by atoms with Crippen LogP contribution in [0, 0.1) is 5.41 Å². The van der Waals surface area contributed by atoms with Crippen LogP contribution in [0.25, 0.3) is 0 Å². The monoisotopic (exact) mass is 488 g/mol. The van der Waals surface area contributed by atoms with E-state index in [1.54, 1.807) is 12.1 Å². The van der Waals surface area contributed by atoms with Crippen LogP contribution in [-0.4, -0.2) is 102 Å². The Kier molecular flexibility index (Phi) is 3.84. The number of aliphatic hydroxyl groups excluding tert-OH is 1. The molecule has 4 aliphatic heterocycles. The van der Waals surface area contributed by atoms with Crippen molar-refractivity contribution in [3.63, 3.8) is 0 Å². The molecule has 4 heterocycles. The zero-order chi connectivity index (χ0) is 24.7. The van der Waals surface area contributed by atoms with Crippen molar-refractivity contribution in [3.05, 3.63) is 17.7 Å². The van der Waals surface area contributed by atoms with E-state index < -0.39 is 40.1 Å². The van der Waals surface area contributed by atoms with Crippen molar-refractivity contribution in [2.45, 2.75) is 60.2 Å². The molecule has 0 radical (unpaired) electrons. The predicted molar refractivity (Wildman–Crippen MR) is 117 cm³/mol. The summed E-state index contributed by atoms with van der Waals surface area (Å²) in [6.45, 7) is 1.28. The molecule has 35 heavy (non-hydrogen) atoms. The number of hydrogen-bond acceptors (Lipinski definition) is 10. The molecule has 3 N–H and O–H groups in total. The predicted octanol–water partition coefficient (Wildman–Crippen LogP) is -0.122. The fraction of sp³-hybridized carbons (Fsp3) is 0.667. The topological polar surface area (TPSA) is 142 Å². The van der Waals surface area contributed by atoms with E-state index in [4.69, 9.17) is 18.9 Å². The van der Waals surface area contributed by atoms with Gasteiger partial charge in [0.1, 0.15) is 11.6 Å². The molecule has 1 aromatic carbocycles. The standard InChI is InChI=1S/C24H28N2O9/c1-32-12-5-4-11-14(15(12)27)26(20(30)34-3)23-7-6-21(18(28)24(23,31)19(29)33-2)16-13(35-16)10-25-9-8-22(11,23)17(21)25/h4-5,13,16-18,27-28,31H,6-10H2,1-3H3/t13-,16-,17-,18+,21+,22+,23-,24+/m0/s1. The number of carbonyl (C=O) groups excluding carboxylic acids is 2. The van der Waals surface area contributed by atoms with E-state index in [0.717, 1.165) is 7.11 Å². The molecule has 8 atom stereocenters. The Hall–Kier alpha value is -2.60. The molecule has 3 aliphatic carbocycles. The number of benzene rings is 1. The van der Waals surface area contributed by atoms with Crippen LogP contribution < -0.4 is 9.64 Å². The Morgan fingerprint density at radius 1 is 1.14 bits per heavy atom. The third kappa shape index (κ3) is 1.84. The highest BCUT2D eigenvalue weighted by atomic mass is 16.6. The number of nitrogens with zero attached hydrogens (tertiary/aromatic N) is 2. The number of aliphatic hydroxyl groups is 2. The molecule has 188 valence electrons. The van der Waals surface area contributed by atoms with E-state index in [2.05, 4.69) is 4.90 Å². The maximum Gasteiger partial charge on any atom is 0.414 e. The van der Waals surface area contributed by atoms with Crippen LogP contribution in [0.1, 0.15) is 24.8 Å². The first-order valence-electron chi connectivity index (χ1n) is 11.9. The lowest BCUT2D eigenvalue weighted by Gasteiger charge is -2.72. The minimum absolute atomic E-state index is 0.0922. The molecule has 3 spiro atoms. The molecule has 8 rings (SSSR count). The van der Waals surface area contributed by atoms with Crippen molar-refractivity contribution in [1.29, 1.82) is 0 Å². The van der Waals surface area contributed by atoms with Gasteiger partial charge in [0.15, 0.2) is 11.5 Å². The Bertz CT molecular complexity index is 1190. The number of fused-ring (bicyclic) bond motifs is 4. The number of methoxy groups -OCH3 is 3. The number of esters is 1. The number of carbonyl (C=O) groups is 2. The number of hydrogen-bond donors (Lipinski definition) is 3. The zero-order valence-electron chi connectivity index (χ0n) is 19.7. The van der Waals surface area contributed by atoms with Crippen LogP contribution in [-0.2, 0) is 24.4 Å². The van der Waals surface area contributed by atoms with E-state index in [-0.39, 0.29) is 41.9 Å². The molecular formula is C24H28N2O9. The first-order chi connectivity index (χ1) is 16.7. The molecule has 11 heteroatoms. The smallest absolute Gasteiger partial charge is 0.414 e. The van der Waals surface area contributed by atoms with Gasteiger partial charge in [-0.05, 0) is 37.4 Å². The maximum absolute atomic E-state index is 13.6. The summed E-state index contributed by atoms with van der Waals surface area (Å²) in [4.78, 5) is 30.6. The number of phenolic OH excluding ortho intramolecular Hbond substituents is 1. The number of piperidine rings is 1. The second-order valence-electron chi connectivity index (χ2n) is 10.7. The minimum atomic E-state index is -2.51. The largest absolute Gasteiger partial charge is 0.503 e. The summed E-state index contributed by atoms with van der Waals surface area (Å²) < 4.78 is 21.7. The van der Waals surface area contributed by atoms with Gasteiger partial charge in [-0.1, -0.05) is 6.07 Å². The Labute approximate surface area is 201 Å². The van der Waals surface area contributed by atoms with E-state index >= 15 is 0 Å². The summed E-state index contributed by atoms with van der Waals surface area (Å²) in [5.41, 5.74) is -5.39. The second-order valence-corrected chi connectivity index (χ2v) is 10.7. The molecule has 1 amide bonds. The lowest BCUT2D eigenvalue weighted by atomic mass is 9.36. The molecule has 2 bridgehead atoms. The number of amides is 1. The van der Waals surface area contributed by atoms with Crippen LogP contribution in [0.15, 0.2) is 12.1 Å². The number of rotatable bonds is 2. The second kappa shape index (κ2) is 6.20. The molecule has 0 unspecified atom stereocenters. The lowest BCUT2D eigenvalue weighted by Crippen LogP contribution is -2.92. The van der Waals surface area contributed by atoms with Crippen molar-refractivity contribution in [2.75, 3.05) is 39.3 Å². The van der Waals surface area contributed by atoms with Gasteiger partial charge < -0.3 is 34.3 Å². The van der Waals surface area contributed by atoms with Gasteiger partial charge in [-0.15, -0.1) is 0 Å². The SMILES string of the molecule is COC(=O)N1c2c(ccc(OC)c2O)[C@@]23CCN4C[C@@H]5O[C@@H]5[C@]5(CC[C@]12[C@](O)(C(=O)OC)[C@@H]5O)[C@H]43. The van der Waals surface area contributed by atoms with Gasteiger partial charge in [-0.3, -0.25) is 9.80 Å². The van der Waals surface area contributed by atoms with Crippen molar-refractivity contribution in [2.24, 2.45) is 5.41 Å². The molecule has 11 nitrogen and oxygen atoms in total. The lowest BCUT2D eigenvalue weighted by molar-refractivity contribution is -0.279. The van der Waals surface area contributed by atoms with Gasteiger partial charge in [-0.25, -0.2) is 9.59 Å². The van der Waals surface area contributed by atoms with Crippen molar-refractivity contribution < 1.29 is 43.9 Å². The quantitative estimate of drug-likeness (QED) is 0.381. The molecule has 0 aromatic heterocycles. The van der Waals surface area contributed by atoms with Crippen LogP contribution in [0.2, 0.25) is 0 Å². The number of epoxide rings is 1. The summed E-state index contributed by atoms with van der Waals surface area (Å²) in [5.74, 6) is -1.18. The molecule has 7 aliphatic rings. The zero-order valence-corrected chi connectivity index (χ0v) is 19.7. The third-order valence-corrected chi connectivity index (χ3v) is 10.1. The van der Waals surface area contributed by atoms with Gasteiger partial charge in [0.2, 0.25) is 5.60 Å². The molecule has 3 saturated heterocycles. The van der Waals surface area contributed by atoms with Crippen molar-refractivity contribution in [1.82, 2.24) is 4.90 Å². The van der Waals surface area contributed by atoms with Crippen molar-refractivity contribution >= 4 is 17.7 Å². The third-order valence-electron chi connectivity index (χ3n) is 10.1. The van der Waals surface area contributed by atoms with Crippen LogP contribution in [0.5, 0.6) is 11.5 Å². The van der Waals surface area contributed by atoms with Gasteiger partial charge in [0, 0.05) is 23.4 Å². The highest BCUT2D eigenvalue weighted by Gasteiger charge is 2.93. The normalized spacial score (nSPS) is 45.8. The Balaban J connectivity index is 1.63. The molecule has 1 aromatic rings. The van der Waals surface area contributed by atoms with E-state index in [1.165, 1.54) is 19.1 Å². The summed E-state index contributed by atoms with van der Waals surface area (Å²) in [5, 5.41) is 35.8. The number of ether oxygens (including phenoxy) is 4. The van der Waals surface area contributed by atoms with Crippen LogP contribution in [0.4, 0.5) is 10.5 Å². The molecule has 6 fully saturated rings. The molecular weight excluding hydrogens is 460 g/mol. The number of anilines is 1. The van der Waals surface area contributed by atoms with Gasteiger partial charge in [0.25, 0.3) is 0 Å². The fourth-order valence-corrected chi connectivity index (χ4v) is 9.22. The van der Waals surface area contributed by atoms with Gasteiger partial charge in [-0.2, -0.15) is 0 Å². The average molecular weight is 488 g/mol. The number of aromatic hydroxyl groups is 1. The average Bonchev–Trinajstić information content (AvgIpc) is 3.48. The summed E-state index contributed by atoms with van der Waals surface area (Å²) >= 11 is 0.